The molecule has 1 heterocycles. The van der Waals surface area contributed by atoms with Gasteiger partial charge >= 0.3 is 5.69 Å². The second kappa shape index (κ2) is 4.77. The van der Waals surface area contributed by atoms with Gasteiger partial charge in [0, 0.05) is 7.05 Å². The number of nitrogens with one attached hydrogen (secondary N) is 2. The number of aromatic nitrogens is 3. The number of nitrogens with two attached hydrogens (primary N) is 1. The van der Waals surface area contributed by atoms with Gasteiger partial charge < -0.3 is 11.1 Å². The molecule has 8 nitrogen and oxygen atoms in total. The molecule has 0 atom stereocenters. The second-order valence-electron chi connectivity index (χ2n) is 3.77. The Morgan fingerprint density at radius 3 is 2.63 bits per heavy atom. The molecule has 1 aromatic heterocycles. The van der Waals surface area contributed by atoms with Crippen LogP contribution in [0.4, 0.5) is 5.69 Å². The number of aryl methyl sites for hydroxylation is 1. The summed E-state index contributed by atoms with van der Waals surface area (Å²) in [7, 11) is 1.41. The van der Waals surface area contributed by atoms with Crippen molar-refractivity contribution in [2.45, 2.75) is 0 Å². The Morgan fingerprint density at radius 2 is 2.05 bits per heavy atom. The van der Waals surface area contributed by atoms with Crippen LogP contribution in [0.5, 0.6) is 0 Å². The Balaban J connectivity index is 2.29. The van der Waals surface area contributed by atoms with E-state index in [2.05, 4.69) is 15.4 Å². The Kier molecular flexibility index (Phi) is 3.15. The molecule has 2 amide bonds. The summed E-state index contributed by atoms with van der Waals surface area (Å²) in [6.45, 7) is 0. The van der Waals surface area contributed by atoms with Crippen molar-refractivity contribution in [1.29, 1.82) is 0 Å². The van der Waals surface area contributed by atoms with E-state index in [9.17, 15) is 14.4 Å². The summed E-state index contributed by atoms with van der Waals surface area (Å²) in [5, 5.41) is 6.16. The van der Waals surface area contributed by atoms with Crippen LogP contribution in [0.2, 0.25) is 0 Å². The van der Waals surface area contributed by atoms with Crippen LogP contribution in [0, 0.1) is 0 Å². The number of aromatic amines is 1. The average molecular weight is 261 g/mol. The highest BCUT2D eigenvalue weighted by Gasteiger charge is 2.15. The van der Waals surface area contributed by atoms with E-state index in [1.807, 2.05) is 0 Å². The van der Waals surface area contributed by atoms with Gasteiger partial charge in [0.25, 0.3) is 11.8 Å². The van der Waals surface area contributed by atoms with Gasteiger partial charge in [-0.2, -0.15) is 0 Å². The third-order valence-corrected chi connectivity index (χ3v) is 2.43. The van der Waals surface area contributed by atoms with E-state index in [0.717, 1.165) is 4.68 Å². The highest BCUT2D eigenvalue weighted by molar-refractivity contribution is 6.07. The fourth-order valence-corrected chi connectivity index (χ4v) is 1.49. The summed E-state index contributed by atoms with van der Waals surface area (Å²) in [5.74, 6) is -1.44. The maximum atomic E-state index is 11.8. The molecule has 0 saturated carbocycles. The molecular weight excluding hydrogens is 250 g/mol. The van der Waals surface area contributed by atoms with Crippen LogP contribution in [-0.4, -0.2) is 26.6 Å². The summed E-state index contributed by atoms with van der Waals surface area (Å²) in [6, 6.07) is 6.28. The van der Waals surface area contributed by atoms with Gasteiger partial charge in [-0.3, -0.25) is 14.6 Å². The molecule has 2 rings (SSSR count). The SMILES string of the molecule is Cn1nc(C(=O)Nc2ccccc2C(N)=O)[nH]c1=O. The molecule has 4 N–H and O–H groups in total. The molecule has 0 spiro atoms. The van der Waals surface area contributed by atoms with Gasteiger partial charge in [-0.05, 0) is 12.1 Å². The van der Waals surface area contributed by atoms with Gasteiger partial charge in [-0.1, -0.05) is 12.1 Å². The summed E-state index contributed by atoms with van der Waals surface area (Å²) < 4.78 is 0.995. The minimum absolute atomic E-state index is 0.147. The highest BCUT2D eigenvalue weighted by atomic mass is 16.2. The zero-order chi connectivity index (χ0) is 14.0. The van der Waals surface area contributed by atoms with Gasteiger partial charge in [0.2, 0.25) is 5.82 Å². The number of rotatable bonds is 3. The van der Waals surface area contributed by atoms with E-state index < -0.39 is 17.5 Å². The molecule has 0 aliphatic carbocycles. The van der Waals surface area contributed by atoms with Crippen LogP contribution in [-0.2, 0) is 7.05 Å². The predicted molar refractivity (Wildman–Crippen MR) is 66.7 cm³/mol. The summed E-state index contributed by atoms with van der Waals surface area (Å²) in [6.07, 6.45) is 0. The fourth-order valence-electron chi connectivity index (χ4n) is 1.49. The van der Waals surface area contributed by atoms with Crippen molar-refractivity contribution < 1.29 is 9.59 Å². The highest BCUT2D eigenvalue weighted by Crippen LogP contribution is 2.14. The second-order valence-corrected chi connectivity index (χ2v) is 3.77. The molecule has 19 heavy (non-hydrogen) atoms. The zero-order valence-corrected chi connectivity index (χ0v) is 10.0. The van der Waals surface area contributed by atoms with Gasteiger partial charge in [0.1, 0.15) is 0 Å². The first-order chi connectivity index (χ1) is 8.99. The van der Waals surface area contributed by atoms with E-state index in [-0.39, 0.29) is 17.1 Å². The largest absolute Gasteiger partial charge is 0.366 e. The van der Waals surface area contributed by atoms with Crippen LogP contribution in [0.1, 0.15) is 21.0 Å². The maximum absolute atomic E-state index is 11.8. The number of carbonyl (C=O) groups excluding carboxylic acids is 2. The first-order valence-electron chi connectivity index (χ1n) is 5.32. The van der Waals surface area contributed by atoms with Crippen LogP contribution >= 0.6 is 0 Å². The lowest BCUT2D eigenvalue weighted by molar-refractivity contribution is 0.100. The van der Waals surface area contributed by atoms with Gasteiger partial charge in [-0.15, -0.1) is 5.10 Å². The van der Waals surface area contributed by atoms with Gasteiger partial charge in [0.05, 0.1) is 11.3 Å². The molecule has 2 aromatic rings. The number of anilines is 1. The van der Waals surface area contributed by atoms with Crippen molar-refractivity contribution >= 4 is 17.5 Å². The van der Waals surface area contributed by atoms with Crippen molar-refractivity contribution in [3.63, 3.8) is 0 Å². The molecule has 1 aromatic carbocycles. The molecule has 8 heteroatoms. The topological polar surface area (TPSA) is 123 Å². The molecule has 0 fully saturated rings. The molecule has 0 radical (unpaired) electrons. The molecule has 98 valence electrons. The number of primary amides is 1. The summed E-state index contributed by atoms with van der Waals surface area (Å²) in [4.78, 5) is 36.5. The Bertz CT molecular complexity index is 700. The molecule has 0 aliphatic rings. The first-order valence-corrected chi connectivity index (χ1v) is 5.32. The third-order valence-electron chi connectivity index (χ3n) is 2.43. The Hall–Kier alpha value is -2.90. The van der Waals surface area contributed by atoms with E-state index in [1.165, 1.54) is 19.2 Å². The van der Waals surface area contributed by atoms with Crippen LogP contribution < -0.4 is 16.7 Å². The van der Waals surface area contributed by atoms with E-state index in [4.69, 9.17) is 5.73 Å². The molecule has 0 bridgehead atoms. The Morgan fingerprint density at radius 1 is 1.37 bits per heavy atom. The maximum Gasteiger partial charge on any atom is 0.343 e. The fraction of sp³-hybridized carbons (Fsp3) is 0.0909. The lowest BCUT2D eigenvalue weighted by atomic mass is 10.1. The molecule has 0 saturated heterocycles. The summed E-state index contributed by atoms with van der Waals surface area (Å²) >= 11 is 0. The van der Waals surface area contributed by atoms with E-state index in [0.29, 0.717) is 0 Å². The number of nitrogens with zero attached hydrogens (tertiary/aromatic N) is 2. The lowest BCUT2D eigenvalue weighted by Gasteiger charge is -2.06. The zero-order valence-electron chi connectivity index (χ0n) is 10.0. The minimum atomic E-state index is -0.662. The van der Waals surface area contributed by atoms with Crippen molar-refractivity contribution in [2.75, 3.05) is 5.32 Å². The summed E-state index contributed by atoms with van der Waals surface area (Å²) in [5.41, 5.74) is 5.11. The number of benzene rings is 1. The lowest BCUT2D eigenvalue weighted by Crippen LogP contribution is -2.19. The first kappa shape index (κ1) is 12.6. The number of H-pyrrole nitrogens is 1. The van der Waals surface area contributed by atoms with Crippen LogP contribution in [0.25, 0.3) is 0 Å². The smallest absolute Gasteiger partial charge is 0.343 e. The van der Waals surface area contributed by atoms with E-state index in [1.54, 1.807) is 12.1 Å². The number of hydrogen-bond acceptors (Lipinski definition) is 4. The van der Waals surface area contributed by atoms with Crippen molar-refractivity contribution in [3.05, 3.63) is 46.1 Å². The Labute approximate surface area is 107 Å². The molecule has 0 aliphatic heterocycles. The van der Waals surface area contributed by atoms with Gasteiger partial charge in [-0.25, -0.2) is 9.48 Å². The van der Waals surface area contributed by atoms with Gasteiger partial charge in [0.15, 0.2) is 0 Å². The standard InChI is InChI=1S/C11H11N5O3/c1-16-11(19)14-9(15-16)10(18)13-7-5-3-2-4-6(7)8(12)17/h2-5H,1H3,(H2,12,17)(H,13,18)(H,14,15,19). The van der Waals surface area contributed by atoms with Crippen molar-refractivity contribution in [1.82, 2.24) is 14.8 Å². The monoisotopic (exact) mass is 261 g/mol. The molecular formula is C11H11N5O3. The number of hydrogen-bond donors (Lipinski definition) is 3. The number of carbonyl (C=O) groups is 2. The van der Waals surface area contributed by atoms with Crippen LogP contribution in [0.15, 0.2) is 29.1 Å². The quantitative estimate of drug-likeness (QED) is 0.686. The predicted octanol–water partition coefficient (Wildman–Crippen LogP) is -0.540. The third kappa shape index (κ3) is 2.51. The van der Waals surface area contributed by atoms with Crippen LogP contribution in [0.3, 0.4) is 0 Å². The number of para-hydroxylation sites is 1. The minimum Gasteiger partial charge on any atom is -0.366 e. The number of amides is 2. The average Bonchev–Trinajstić information content (AvgIpc) is 2.70. The van der Waals surface area contributed by atoms with E-state index >= 15 is 0 Å². The van der Waals surface area contributed by atoms with Crippen molar-refractivity contribution in [2.24, 2.45) is 12.8 Å². The molecule has 0 unspecified atom stereocenters. The van der Waals surface area contributed by atoms with Crippen molar-refractivity contribution in [3.8, 4) is 0 Å². The normalized spacial score (nSPS) is 10.2.